The Morgan fingerprint density at radius 2 is 2.18 bits per heavy atom. The maximum absolute atomic E-state index is 9.73. The lowest BCUT2D eigenvalue weighted by molar-refractivity contribution is 0.0260. The van der Waals surface area contributed by atoms with Crippen molar-refractivity contribution in [1.29, 1.82) is 0 Å². The van der Waals surface area contributed by atoms with Gasteiger partial charge in [0.1, 0.15) is 0 Å². The summed E-state index contributed by atoms with van der Waals surface area (Å²) in [5.41, 5.74) is 0. The van der Waals surface area contributed by atoms with Gasteiger partial charge in [0.05, 0.1) is 12.7 Å². The van der Waals surface area contributed by atoms with Crippen LogP contribution in [0.1, 0.15) is 33.6 Å². The van der Waals surface area contributed by atoms with Gasteiger partial charge in [-0.25, -0.2) is 0 Å². The standard InChI is InChI=1S/C13H27NO2S/c1-11(2)8-16-9-12(15)7-14-10-13(3)5-4-6-17-13/h11-12,14-15H,4-10H2,1-3H3. The minimum absolute atomic E-state index is 0.374. The Kier molecular flexibility index (Phi) is 6.85. The van der Waals surface area contributed by atoms with E-state index < -0.39 is 0 Å². The van der Waals surface area contributed by atoms with Crippen molar-refractivity contribution in [2.45, 2.75) is 44.5 Å². The van der Waals surface area contributed by atoms with Crippen LogP contribution in [0.15, 0.2) is 0 Å². The summed E-state index contributed by atoms with van der Waals surface area (Å²) in [4.78, 5) is 0. The molecule has 17 heavy (non-hydrogen) atoms. The molecule has 2 atom stereocenters. The van der Waals surface area contributed by atoms with Crippen LogP contribution in [0.3, 0.4) is 0 Å². The van der Waals surface area contributed by atoms with Crippen molar-refractivity contribution in [2.24, 2.45) is 5.92 Å². The van der Waals surface area contributed by atoms with E-state index in [0.717, 1.165) is 13.2 Å². The van der Waals surface area contributed by atoms with Crippen LogP contribution < -0.4 is 5.32 Å². The van der Waals surface area contributed by atoms with E-state index in [1.807, 2.05) is 11.8 Å². The highest BCUT2D eigenvalue weighted by molar-refractivity contribution is 8.00. The molecule has 0 bridgehead atoms. The van der Waals surface area contributed by atoms with E-state index in [4.69, 9.17) is 4.74 Å². The highest BCUT2D eigenvalue weighted by Crippen LogP contribution is 2.36. The minimum atomic E-state index is -0.385. The molecule has 0 aromatic heterocycles. The Balaban J connectivity index is 2.01. The Bertz CT molecular complexity index is 206. The lowest BCUT2D eigenvalue weighted by atomic mass is 10.1. The van der Waals surface area contributed by atoms with E-state index in [1.165, 1.54) is 18.6 Å². The monoisotopic (exact) mass is 261 g/mol. The molecule has 102 valence electrons. The fraction of sp³-hybridized carbons (Fsp3) is 1.00. The molecule has 0 spiro atoms. The van der Waals surface area contributed by atoms with Crippen molar-refractivity contribution in [2.75, 3.05) is 32.1 Å². The maximum atomic E-state index is 9.73. The Labute approximate surface area is 110 Å². The first-order valence-corrected chi connectivity index (χ1v) is 7.61. The average Bonchev–Trinajstić information content (AvgIpc) is 2.65. The molecule has 0 amide bonds. The molecule has 1 heterocycles. The molecule has 0 aromatic rings. The second-order valence-electron chi connectivity index (χ2n) is 5.62. The summed E-state index contributed by atoms with van der Waals surface area (Å²) in [6, 6.07) is 0. The van der Waals surface area contributed by atoms with Gasteiger partial charge in [0, 0.05) is 24.4 Å². The molecule has 2 N–H and O–H groups in total. The van der Waals surface area contributed by atoms with Crippen LogP contribution in [-0.2, 0) is 4.74 Å². The zero-order chi connectivity index (χ0) is 12.7. The van der Waals surface area contributed by atoms with Crippen molar-refractivity contribution in [1.82, 2.24) is 5.32 Å². The summed E-state index contributed by atoms with van der Waals surface area (Å²) >= 11 is 2.04. The molecule has 1 aliphatic rings. The van der Waals surface area contributed by atoms with Gasteiger partial charge in [-0.3, -0.25) is 0 Å². The van der Waals surface area contributed by atoms with Crippen LogP contribution in [0.4, 0.5) is 0 Å². The minimum Gasteiger partial charge on any atom is -0.389 e. The lowest BCUT2D eigenvalue weighted by Gasteiger charge is -2.24. The van der Waals surface area contributed by atoms with Gasteiger partial charge in [0.15, 0.2) is 0 Å². The predicted octanol–water partition coefficient (Wildman–Crippen LogP) is 1.90. The highest BCUT2D eigenvalue weighted by Gasteiger charge is 2.28. The molecule has 0 aromatic carbocycles. The van der Waals surface area contributed by atoms with E-state index in [-0.39, 0.29) is 6.10 Å². The molecule has 1 saturated heterocycles. The zero-order valence-electron chi connectivity index (χ0n) is 11.4. The lowest BCUT2D eigenvalue weighted by Crippen LogP contribution is -2.38. The molecular formula is C13H27NO2S. The summed E-state index contributed by atoms with van der Waals surface area (Å²) < 4.78 is 5.78. The molecule has 1 aliphatic heterocycles. The van der Waals surface area contributed by atoms with Gasteiger partial charge >= 0.3 is 0 Å². The molecule has 3 nitrogen and oxygen atoms in total. The molecular weight excluding hydrogens is 234 g/mol. The highest BCUT2D eigenvalue weighted by atomic mass is 32.2. The van der Waals surface area contributed by atoms with Crippen molar-refractivity contribution >= 4 is 11.8 Å². The number of aliphatic hydroxyl groups excluding tert-OH is 1. The van der Waals surface area contributed by atoms with Gasteiger partial charge in [0.25, 0.3) is 0 Å². The predicted molar refractivity (Wildman–Crippen MR) is 74.6 cm³/mol. The number of ether oxygens (including phenoxy) is 1. The first-order valence-electron chi connectivity index (χ1n) is 6.62. The van der Waals surface area contributed by atoms with Gasteiger partial charge in [-0.05, 0) is 31.4 Å². The molecule has 0 aliphatic carbocycles. The van der Waals surface area contributed by atoms with Crippen LogP contribution in [0.5, 0.6) is 0 Å². The molecule has 2 unspecified atom stereocenters. The second-order valence-corrected chi connectivity index (χ2v) is 7.30. The number of thioether (sulfide) groups is 1. The summed E-state index contributed by atoms with van der Waals surface area (Å²) in [6.45, 7) is 9.32. The summed E-state index contributed by atoms with van der Waals surface area (Å²) in [5.74, 6) is 1.81. The average molecular weight is 261 g/mol. The third kappa shape index (κ3) is 6.65. The quantitative estimate of drug-likeness (QED) is 0.700. The van der Waals surface area contributed by atoms with Crippen molar-refractivity contribution in [3.8, 4) is 0 Å². The summed E-state index contributed by atoms with van der Waals surface area (Å²) in [7, 11) is 0. The Hall–Kier alpha value is 0.230. The van der Waals surface area contributed by atoms with Gasteiger partial charge in [-0.15, -0.1) is 0 Å². The molecule has 1 rings (SSSR count). The van der Waals surface area contributed by atoms with Gasteiger partial charge < -0.3 is 15.2 Å². The zero-order valence-corrected chi connectivity index (χ0v) is 12.2. The van der Waals surface area contributed by atoms with Gasteiger partial charge in [-0.2, -0.15) is 11.8 Å². The maximum Gasteiger partial charge on any atom is 0.0897 e. The van der Waals surface area contributed by atoms with Crippen molar-refractivity contribution in [3.63, 3.8) is 0 Å². The molecule has 0 radical (unpaired) electrons. The van der Waals surface area contributed by atoms with Crippen LogP contribution in [0, 0.1) is 5.92 Å². The number of nitrogens with one attached hydrogen (secondary N) is 1. The number of aliphatic hydroxyl groups is 1. The number of rotatable bonds is 8. The van der Waals surface area contributed by atoms with Gasteiger partial charge in [-0.1, -0.05) is 13.8 Å². The number of hydrogen-bond acceptors (Lipinski definition) is 4. The third-order valence-electron chi connectivity index (χ3n) is 2.94. The number of hydrogen-bond donors (Lipinski definition) is 2. The normalized spacial score (nSPS) is 26.6. The SMILES string of the molecule is CC(C)COCC(O)CNCC1(C)CCCS1. The Morgan fingerprint density at radius 3 is 2.76 bits per heavy atom. The van der Waals surface area contributed by atoms with E-state index in [0.29, 0.717) is 23.8 Å². The first-order chi connectivity index (χ1) is 8.02. The first kappa shape index (κ1) is 15.3. The van der Waals surface area contributed by atoms with Crippen LogP contribution in [0.25, 0.3) is 0 Å². The topological polar surface area (TPSA) is 41.5 Å². The molecule has 4 heteroatoms. The fourth-order valence-corrected chi connectivity index (χ4v) is 3.25. The third-order valence-corrected chi connectivity index (χ3v) is 4.48. The van der Waals surface area contributed by atoms with Crippen LogP contribution >= 0.6 is 11.8 Å². The molecule has 0 saturated carbocycles. The van der Waals surface area contributed by atoms with E-state index in [9.17, 15) is 5.11 Å². The fourth-order valence-electron chi connectivity index (χ4n) is 1.98. The Morgan fingerprint density at radius 1 is 1.41 bits per heavy atom. The smallest absolute Gasteiger partial charge is 0.0897 e. The van der Waals surface area contributed by atoms with Crippen molar-refractivity contribution < 1.29 is 9.84 Å². The van der Waals surface area contributed by atoms with E-state index in [1.54, 1.807) is 0 Å². The van der Waals surface area contributed by atoms with Crippen LogP contribution in [-0.4, -0.2) is 48.0 Å². The van der Waals surface area contributed by atoms with E-state index in [2.05, 4.69) is 26.1 Å². The van der Waals surface area contributed by atoms with E-state index >= 15 is 0 Å². The van der Waals surface area contributed by atoms with Gasteiger partial charge in [0.2, 0.25) is 0 Å². The summed E-state index contributed by atoms with van der Waals surface area (Å²) in [6.07, 6.45) is 2.22. The largest absolute Gasteiger partial charge is 0.389 e. The second kappa shape index (κ2) is 7.62. The molecule has 1 fully saturated rings. The van der Waals surface area contributed by atoms with Crippen LogP contribution in [0.2, 0.25) is 0 Å². The van der Waals surface area contributed by atoms with Crippen molar-refractivity contribution in [3.05, 3.63) is 0 Å². The summed E-state index contributed by atoms with van der Waals surface area (Å²) in [5, 5.41) is 13.1.